The predicted octanol–water partition coefficient (Wildman–Crippen LogP) is 1.11. The number of guanidine groups is 1. The van der Waals surface area contributed by atoms with E-state index < -0.39 is 0 Å². The molecule has 7 heteroatoms. The van der Waals surface area contributed by atoms with Crippen LogP contribution in [0.3, 0.4) is 0 Å². The fourth-order valence-electron chi connectivity index (χ4n) is 1.27. The number of H-pyrrole nitrogens is 1. The highest BCUT2D eigenvalue weighted by molar-refractivity contribution is 7.98. The molecule has 0 spiro atoms. The first-order valence-corrected chi connectivity index (χ1v) is 7.23. The molecule has 2 heterocycles. The van der Waals surface area contributed by atoms with Crippen LogP contribution in [0.1, 0.15) is 11.5 Å². The molecular weight excluding hydrogens is 242 g/mol. The van der Waals surface area contributed by atoms with Crippen molar-refractivity contribution in [2.24, 2.45) is 4.99 Å². The number of rotatable bonds is 5. The zero-order chi connectivity index (χ0) is 11.2. The summed E-state index contributed by atoms with van der Waals surface area (Å²) in [5.74, 6) is 4.74. The lowest BCUT2D eigenvalue weighted by Crippen LogP contribution is -2.32. The van der Waals surface area contributed by atoms with Crippen LogP contribution in [0.15, 0.2) is 11.2 Å². The molecule has 0 amide bonds. The van der Waals surface area contributed by atoms with Crippen LogP contribution in [-0.4, -0.2) is 34.1 Å². The van der Waals surface area contributed by atoms with Crippen LogP contribution in [-0.2, 0) is 5.75 Å². The summed E-state index contributed by atoms with van der Waals surface area (Å²) in [5.41, 5.74) is 1.12. The summed E-state index contributed by atoms with van der Waals surface area (Å²) in [5, 5.41) is 3.24. The Hall–Kier alpha value is -0.820. The Labute approximate surface area is 103 Å². The normalized spacial score (nSPS) is 14.7. The van der Waals surface area contributed by atoms with Crippen molar-refractivity contribution in [3.63, 3.8) is 0 Å². The molecule has 1 aliphatic rings. The highest BCUT2D eigenvalue weighted by Crippen LogP contribution is 2.08. The van der Waals surface area contributed by atoms with Crippen LogP contribution in [0.25, 0.3) is 0 Å². The summed E-state index contributed by atoms with van der Waals surface area (Å²) < 4.78 is 3.10. The van der Waals surface area contributed by atoms with E-state index in [4.69, 9.17) is 0 Å². The minimum Gasteiger partial charge on any atom is -0.355 e. The van der Waals surface area contributed by atoms with Crippen molar-refractivity contribution >= 4 is 29.7 Å². The fourth-order valence-corrected chi connectivity index (χ4v) is 2.53. The standard InChI is InChI=1S/C9H15N5S2/c1-7-4-11-8(13-7)5-15-3-2-10-9-12-6-16-14-9/h4H,2-3,5-6H2,1H3,(H,11,13)(H2,10,12,14). The Morgan fingerprint density at radius 1 is 1.62 bits per heavy atom. The molecule has 88 valence electrons. The van der Waals surface area contributed by atoms with Crippen LogP contribution >= 0.6 is 23.7 Å². The van der Waals surface area contributed by atoms with Gasteiger partial charge in [0.2, 0.25) is 5.96 Å². The van der Waals surface area contributed by atoms with Gasteiger partial charge in [-0.05, 0) is 18.9 Å². The summed E-state index contributed by atoms with van der Waals surface area (Å²) in [6, 6.07) is 0. The van der Waals surface area contributed by atoms with Crippen LogP contribution in [0.5, 0.6) is 0 Å². The van der Waals surface area contributed by atoms with Gasteiger partial charge in [-0.1, -0.05) is 0 Å². The van der Waals surface area contributed by atoms with Crippen molar-refractivity contribution in [2.75, 3.05) is 18.2 Å². The minimum atomic E-state index is 0.807. The molecule has 1 aromatic rings. The smallest absolute Gasteiger partial charge is 0.202 e. The first-order chi connectivity index (χ1) is 7.84. The summed E-state index contributed by atoms with van der Waals surface area (Å²) in [6.07, 6.45) is 1.86. The number of nitrogens with one attached hydrogen (secondary N) is 3. The molecule has 1 aliphatic heterocycles. The lowest BCUT2D eigenvalue weighted by atomic mass is 10.6. The molecule has 2 rings (SSSR count). The number of aliphatic imine (C=N–C) groups is 1. The van der Waals surface area contributed by atoms with Gasteiger partial charge < -0.3 is 10.3 Å². The Kier molecular flexibility index (Phi) is 4.41. The second-order valence-electron chi connectivity index (χ2n) is 3.37. The highest BCUT2D eigenvalue weighted by atomic mass is 32.2. The molecule has 0 radical (unpaired) electrons. The van der Waals surface area contributed by atoms with Crippen LogP contribution in [0, 0.1) is 6.92 Å². The minimum absolute atomic E-state index is 0.807. The van der Waals surface area contributed by atoms with E-state index in [-0.39, 0.29) is 0 Å². The van der Waals surface area contributed by atoms with Crippen LogP contribution in [0.2, 0.25) is 0 Å². The van der Waals surface area contributed by atoms with Gasteiger partial charge in [0.05, 0.1) is 5.75 Å². The third kappa shape index (κ3) is 3.64. The van der Waals surface area contributed by atoms with E-state index in [0.717, 1.165) is 41.4 Å². The van der Waals surface area contributed by atoms with Gasteiger partial charge in [-0.15, -0.1) is 0 Å². The zero-order valence-corrected chi connectivity index (χ0v) is 10.7. The van der Waals surface area contributed by atoms with E-state index in [1.807, 2.05) is 24.9 Å². The molecule has 0 aliphatic carbocycles. The van der Waals surface area contributed by atoms with Crippen molar-refractivity contribution in [1.29, 1.82) is 0 Å². The second kappa shape index (κ2) is 6.05. The molecule has 0 bridgehead atoms. The van der Waals surface area contributed by atoms with Crippen molar-refractivity contribution in [3.8, 4) is 0 Å². The van der Waals surface area contributed by atoms with Crippen molar-refractivity contribution < 1.29 is 0 Å². The molecule has 0 unspecified atom stereocenters. The third-order valence-corrected chi connectivity index (χ3v) is 3.56. The number of aryl methyl sites for hydroxylation is 1. The second-order valence-corrected chi connectivity index (χ2v) is 5.23. The van der Waals surface area contributed by atoms with Gasteiger partial charge in [-0.25, -0.2) is 9.98 Å². The number of hydrogen-bond acceptors (Lipinski definition) is 6. The molecule has 5 nitrogen and oxygen atoms in total. The Morgan fingerprint density at radius 2 is 2.56 bits per heavy atom. The van der Waals surface area contributed by atoms with Gasteiger partial charge in [0.25, 0.3) is 0 Å². The predicted molar refractivity (Wildman–Crippen MR) is 70.5 cm³/mol. The van der Waals surface area contributed by atoms with E-state index >= 15 is 0 Å². The fraction of sp³-hybridized carbons (Fsp3) is 0.556. The average molecular weight is 257 g/mol. The zero-order valence-electron chi connectivity index (χ0n) is 9.12. The molecule has 0 fully saturated rings. The number of nitrogens with zero attached hydrogens (tertiary/aromatic N) is 2. The van der Waals surface area contributed by atoms with Gasteiger partial charge in [-0.2, -0.15) is 11.8 Å². The van der Waals surface area contributed by atoms with Gasteiger partial charge in [-0.3, -0.25) is 4.72 Å². The van der Waals surface area contributed by atoms with Gasteiger partial charge >= 0.3 is 0 Å². The summed E-state index contributed by atoms with van der Waals surface area (Å²) in [6.45, 7) is 2.95. The molecule has 0 atom stereocenters. The number of thioether (sulfide) groups is 1. The lowest BCUT2D eigenvalue weighted by Gasteiger charge is -2.04. The number of imidazole rings is 1. The van der Waals surface area contributed by atoms with Crippen LogP contribution in [0.4, 0.5) is 0 Å². The van der Waals surface area contributed by atoms with Crippen molar-refractivity contribution in [1.82, 2.24) is 20.0 Å². The number of aromatic amines is 1. The first-order valence-electron chi connectivity index (χ1n) is 5.09. The topological polar surface area (TPSA) is 65.1 Å². The first kappa shape index (κ1) is 11.7. The molecular formula is C9H15N5S2. The SMILES string of the molecule is Cc1cnc(CSCCNC2=NCSN2)[nH]1. The third-order valence-electron chi connectivity index (χ3n) is 1.99. The molecule has 0 saturated carbocycles. The largest absolute Gasteiger partial charge is 0.355 e. The summed E-state index contributed by atoms with van der Waals surface area (Å²) >= 11 is 3.46. The summed E-state index contributed by atoms with van der Waals surface area (Å²) in [4.78, 5) is 11.7. The molecule has 1 aromatic heterocycles. The maximum absolute atomic E-state index is 4.25. The highest BCUT2D eigenvalue weighted by Gasteiger charge is 2.03. The van der Waals surface area contributed by atoms with E-state index in [9.17, 15) is 0 Å². The molecule has 3 N–H and O–H groups in total. The molecule has 0 aromatic carbocycles. The summed E-state index contributed by atoms with van der Waals surface area (Å²) in [7, 11) is 0. The Balaban J connectivity index is 1.55. The molecule has 16 heavy (non-hydrogen) atoms. The number of hydrogen-bond donors (Lipinski definition) is 3. The maximum Gasteiger partial charge on any atom is 0.202 e. The number of aromatic nitrogens is 2. The Morgan fingerprint density at radius 3 is 3.25 bits per heavy atom. The lowest BCUT2D eigenvalue weighted by molar-refractivity contribution is 0.952. The van der Waals surface area contributed by atoms with Gasteiger partial charge in [0.1, 0.15) is 11.7 Å². The maximum atomic E-state index is 4.25. The van der Waals surface area contributed by atoms with Gasteiger partial charge in [0, 0.05) is 24.2 Å². The Bertz CT molecular complexity index is 363. The average Bonchev–Trinajstić information content (AvgIpc) is 2.89. The van der Waals surface area contributed by atoms with Crippen molar-refractivity contribution in [3.05, 3.63) is 17.7 Å². The van der Waals surface area contributed by atoms with Crippen molar-refractivity contribution in [2.45, 2.75) is 12.7 Å². The van der Waals surface area contributed by atoms with Crippen LogP contribution < -0.4 is 10.0 Å². The molecule has 0 saturated heterocycles. The van der Waals surface area contributed by atoms with E-state index in [1.165, 1.54) is 0 Å². The monoisotopic (exact) mass is 257 g/mol. The van der Waals surface area contributed by atoms with E-state index in [2.05, 4.69) is 25.0 Å². The van der Waals surface area contributed by atoms with Gasteiger partial charge in [0.15, 0.2) is 0 Å². The van der Waals surface area contributed by atoms with E-state index in [0.29, 0.717) is 0 Å². The quantitative estimate of drug-likeness (QED) is 0.545. The van der Waals surface area contributed by atoms with E-state index in [1.54, 1.807) is 11.9 Å².